The normalized spacial score (nSPS) is 17.3. The van der Waals surface area contributed by atoms with Crippen molar-refractivity contribution in [3.63, 3.8) is 0 Å². The first-order valence-corrected chi connectivity index (χ1v) is 11.5. The molecule has 5 rings (SSSR count). The van der Waals surface area contributed by atoms with Gasteiger partial charge in [-0.2, -0.15) is 0 Å². The SMILES string of the molecule is COc1ccc(N2C(=S)NC(c3ccccn3)C2c2ccc(-c3cc(C(=O)O)ccc3Cl)o2)cc1. The van der Waals surface area contributed by atoms with Crippen molar-refractivity contribution < 1.29 is 19.1 Å². The molecular formula is C26H20ClN3O4S. The fourth-order valence-electron chi connectivity index (χ4n) is 4.17. The molecule has 7 nitrogen and oxygen atoms in total. The highest BCUT2D eigenvalue weighted by molar-refractivity contribution is 7.80. The monoisotopic (exact) mass is 505 g/mol. The van der Waals surface area contributed by atoms with Gasteiger partial charge in [-0.3, -0.25) is 4.98 Å². The molecule has 0 aliphatic carbocycles. The van der Waals surface area contributed by atoms with Crippen LogP contribution in [0.3, 0.4) is 0 Å². The van der Waals surface area contributed by atoms with Crippen LogP contribution in [0.4, 0.5) is 5.69 Å². The van der Waals surface area contributed by atoms with Gasteiger partial charge in [-0.15, -0.1) is 0 Å². The molecule has 176 valence electrons. The Balaban J connectivity index is 1.60. The smallest absolute Gasteiger partial charge is 0.335 e. The number of methoxy groups -OCH3 is 1. The lowest BCUT2D eigenvalue weighted by atomic mass is 10.0. The molecule has 1 aliphatic heterocycles. The number of halogens is 1. The number of carbonyl (C=O) groups is 1. The molecule has 9 heteroatoms. The molecule has 2 unspecified atom stereocenters. The molecule has 3 heterocycles. The van der Waals surface area contributed by atoms with Gasteiger partial charge in [-0.05, 0) is 78.9 Å². The summed E-state index contributed by atoms with van der Waals surface area (Å²) in [5, 5.41) is 13.7. The molecule has 0 bridgehead atoms. The van der Waals surface area contributed by atoms with Crippen LogP contribution in [0, 0.1) is 0 Å². The molecule has 2 N–H and O–H groups in total. The molecular weight excluding hydrogens is 486 g/mol. The van der Waals surface area contributed by atoms with E-state index in [0.717, 1.165) is 17.1 Å². The summed E-state index contributed by atoms with van der Waals surface area (Å²) in [5.41, 5.74) is 2.28. The van der Waals surface area contributed by atoms with Gasteiger partial charge in [-0.25, -0.2) is 4.79 Å². The fourth-order valence-corrected chi connectivity index (χ4v) is 4.73. The van der Waals surface area contributed by atoms with Gasteiger partial charge in [0.05, 0.1) is 29.4 Å². The van der Waals surface area contributed by atoms with Crippen molar-refractivity contribution in [2.24, 2.45) is 0 Å². The third-order valence-corrected chi connectivity index (χ3v) is 6.49. The number of anilines is 1. The van der Waals surface area contributed by atoms with Crippen LogP contribution in [0.2, 0.25) is 5.02 Å². The fraction of sp³-hybridized carbons (Fsp3) is 0.115. The maximum absolute atomic E-state index is 11.5. The predicted octanol–water partition coefficient (Wildman–Crippen LogP) is 5.88. The van der Waals surface area contributed by atoms with Crippen LogP contribution in [0.1, 0.15) is 33.9 Å². The predicted molar refractivity (Wildman–Crippen MR) is 137 cm³/mol. The Kier molecular flexibility index (Phi) is 6.15. The lowest BCUT2D eigenvalue weighted by molar-refractivity contribution is 0.0697. The van der Waals surface area contributed by atoms with Gasteiger partial charge >= 0.3 is 5.97 Å². The van der Waals surface area contributed by atoms with E-state index in [1.165, 1.54) is 12.1 Å². The van der Waals surface area contributed by atoms with Gasteiger partial charge in [0.1, 0.15) is 23.3 Å². The van der Waals surface area contributed by atoms with Crippen LogP contribution >= 0.6 is 23.8 Å². The lowest BCUT2D eigenvalue weighted by Gasteiger charge is -2.26. The van der Waals surface area contributed by atoms with E-state index in [1.54, 1.807) is 25.4 Å². The number of furan rings is 1. The van der Waals surface area contributed by atoms with Crippen LogP contribution in [0.25, 0.3) is 11.3 Å². The molecule has 2 aromatic heterocycles. The van der Waals surface area contributed by atoms with E-state index in [-0.39, 0.29) is 17.6 Å². The molecule has 1 fully saturated rings. The highest BCUT2D eigenvalue weighted by atomic mass is 35.5. The van der Waals surface area contributed by atoms with Gasteiger partial charge in [0.25, 0.3) is 0 Å². The molecule has 2 atom stereocenters. The third kappa shape index (κ3) is 4.34. The summed E-state index contributed by atoms with van der Waals surface area (Å²) in [5.74, 6) is 0.773. The summed E-state index contributed by atoms with van der Waals surface area (Å²) >= 11 is 12.1. The number of ether oxygens (including phenoxy) is 1. The maximum atomic E-state index is 11.5. The van der Waals surface area contributed by atoms with Gasteiger partial charge in [0.2, 0.25) is 0 Å². The quantitative estimate of drug-likeness (QED) is 0.314. The highest BCUT2D eigenvalue weighted by Crippen LogP contribution is 2.43. The Hall–Kier alpha value is -3.88. The summed E-state index contributed by atoms with van der Waals surface area (Å²) < 4.78 is 11.6. The molecule has 0 amide bonds. The van der Waals surface area contributed by atoms with Crippen molar-refractivity contribution in [2.45, 2.75) is 12.1 Å². The summed E-state index contributed by atoms with van der Waals surface area (Å²) in [4.78, 5) is 18.0. The highest BCUT2D eigenvalue weighted by Gasteiger charge is 2.42. The van der Waals surface area contributed by atoms with Crippen molar-refractivity contribution in [2.75, 3.05) is 12.0 Å². The summed E-state index contributed by atoms with van der Waals surface area (Å²) in [6.45, 7) is 0. The second-order valence-corrected chi connectivity index (χ2v) is 8.69. The van der Waals surface area contributed by atoms with Crippen molar-refractivity contribution in [3.8, 4) is 17.1 Å². The first-order chi connectivity index (χ1) is 17.0. The zero-order valence-corrected chi connectivity index (χ0v) is 20.1. The van der Waals surface area contributed by atoms with E-state index >= 15 is 0 Å². The van der Waals surface area contributed by atoms with Crippen molar-refractivity contribution in [1.82, 2.24) is 10.3 Å². The average Bonchev–Trinajstić information content (AvgIpc) is 3.49. The standard InChI is InChI=1S/C26H20ClN3O4S/c1-33-17-8-6-16(7-9-17)30-24(23(29-26(30)35)20-4-2-3-13-28-20)22-12-11-21(34-22)18-14-15(25(31)32)5-10-19(18)27/h2-14,23-24H,1H3,(H,29,35)(H,31,32). The number of nitrogens with zero attached hydrogens (tertiary/aromatic N) is 2. The summed E-state index contributed by atoms with van der Waals surface area (Å²) in [7, 11) is 1.62. The third-order valence-electron chi connectivity index (χ3n) is 5.85. The van der Waals surface area contributed by atoms with E-state index in [1.807, 2.05) is 53.4 Å². The van der Waals surface area contributed by atoms with E-state index in [2.05, 4.69) is 10.3 Å². The Morgan fingerprint density at radius 1 is 1.14 bits per heavy atom. The van der Waals surface area contributed by atoms with Crippen LogP contribution in [0.15, 0.2) is 83.4 Å². The van der Waals surface area contributed by atoms with Gasteiger partial charge in [-0.1, -0.05) is 17.7 Å². The molecule has 2 aromatic carbocycles. The van der Waals surface area contributed by atoms with Crippen LogP contribution in [-0.4, -0.2) is 28.3 Å². The number of benzene rings is 2. The molecule has 0 spiro atoms. The topological polar surface area (TPSA) is 87.8 Å². The zero-order chi connectivity index (χ0) is 24.5. The van der Waals surface area contributed by atoms with Gasteiger partial charge < -0.3 is 24.5 Å². The number of rotatable bonds is 6. The minimum atomic E-state index is -1.04. The first-order valence-electron chi connectivity index (χ1n) is 10.7. The van der Waals surface area contributed by atoms with E-state index in [0.29, 0.717) is 27.2 Å². The van der Waals surface area contributed by atoms with E-state index in [4.69, 9.17) is 33.0 Å². The number of hydrogen-bond acceptors (Lipinski definition) is 5. The molecule has 0 radical (unpaired) electrons. The van der Waals surface area contributed by atoms with E-state index < -0.39 is 5.97 Å². The zero-order valence-electron chi connectivity index (χ0n) is 18.5. The van der Waals surface area contributed by atoms with Crippen LogP contribution < -0.4 is 15.0 Å². The number of aromatic carboxylic acids is 1. The van der Waals surface area contributed by atoms with Crippen molar-refractivity contribution in [1.29, 1.82) is 0 Å². The minimum Gasteiger partial charge on any atom is -0.497 e. The summed E-state index contributed by atoms with van der Waals surface area (Å²) in [6, 6.07) is 20.8. The van der Waals surface area contributed by atoms with Crippen LogP contribution in [-0.2, 0) is 0 Å². The Bertz CT molecular complexity index is 1390. The van der Waals surface area contributed by atoms with Crippen molar-refractivity contribution >= 4 is 40.6 Å². The minimum absolute atomic E-state index is 0.122. The Morgan fingerprint density at radius 2 is 1.94 bits per heavy atom. The molecule has 1 aliphatic rings. The number of hydrogen-bond donors (Lipinski definition) is 2. The number of pyridine rings is 1. The number of carboxylic acids is 1. The number of aromatic nitrogens is 1. The maximum Gasteiger partial charge on any atom is 0.335 e. The second-order valence-electron chi connectivity index (χ2n) is 7.90. The van der Waals surface area contributed by atoms with Gasteiger partial charge in [0, 0.05) is 17.4 Å². The average molecular weight is 506 g/mol. The Labute approximate surface area is 211 Å². The van der Waals surface area contributed by atoms with E-state index in [9.17, 15) is 9.90 Å². The Morgan fingerprint density at radius 3 is 2.63 bits per heavy atom. The molecule has 0 saturated carbocycles. The molecule has 4 aromatic rings. The largest absolute Gasteiger partial charge is 0.497 e. The molecule has 35 heavy (non-hydrogen) atoms. The van der Waals surface area contributed by atoms with Crippen LogP contribution in [0.5, 0.6) is 5.75 Å². The number of carboxylic acid groups (broad SMARTS) is 1. The number of nitrogens with one attached hydrogen (secondary N) is 1. The van der Waals surface area contributed by atoms with Gasteiger partial charge in [0.15, 0.2) is 5.11 Å². The summed E-state index contributed by atoms with van der Waals surface area (Å²) in [6.07, 6.45) is 1.73. The molecule has 1 saturated heterocycles. The first kappa shape index (κ1) is 22.9. The van der Waals surface area contributed by atoms with Crippen molar-refractivity contribution in [3.05, 3.63) is 101 Å². The number of thiocarbonyl (C=S) groups is 1. The second kappa shape index (κ2) is 9.40. The lowest BCUT2D eigenvalue weighted by Crippen LogP contribution is -2.29.